The van der Waals surface area contributed by atoms with Gasteiger partial charge in [0.1, 0.15) is 5.15 Å². The van der Waals surface area contributed by atoms with Crippen molar-refractivity contribution in [1.82, 2.24) is 4.98 Å². The number of fused-ring (bicyclic) bond motifs is 1. The van der Waals surface area contributed by atoms with Crippen molar-refractivity contribution in [3.63, 3.8) is 0 Å². The summed E-state index contributed by atoms with van der Waals surface area (Å²) in [6, 6.07) is 12.3. The highest BCUT2D eigenvalue weighted by atomic mass is 35.5. The molecule has 1 aliphatic carbocycles. The summed E-state index contributed by atoms with van der Waals surface area (Å²) in [5, 5.41) is 3.84. The topological polar surface area (TPSA) is 50.9 Å². The van der Waals surface area contributed by atoms with Gasteiger partial charge < -0.3 is 11.1 Å². The molecule has 18 heavy (non-hydrogen) atoms. The summed E-state index contributed by atoms with van der Waals surface area (Å²) in [5.41, 5.74) is 9.32. The number of hydrogen-bond acceptors (Lipinski definition) is 3. The van der Waals surface area contributed by atoms with Crippen LogP contribution in [0, 0.1) is 0 Å². The average Bonchev–Trinajstić information content (AvgIpc) is 2.76. The van der Waals surface area contributed by atoms with Gasteiger partial charge >= 0.3 is 0 Å². The normalized spacial score (nSPS) is 14.5. The molecule has 0 unspecified atom stereocenters. The molecule has 92 valence electrons. The van der Waals surface area contributed by atoms with Crippen LogP contribution in [0.1, 0.15) is 11.1 Å². The molecule has 3 nitrogen and oxygen atoms in total. The summed E-state index contributed by atoms with van der Waals surface area (Å²) in [6.07, 6.45) is 2.01. The third kappa shape index (κ3) is 2.14. The van der Waals surface area contributed by atoms with Gasteiger partial charge in [-0.2, -0.15) is 0 Å². The predicted molar refractivity (Wildman–Crippen MR) is 74.9 cm³/mol. The molecule has 0 atom stereocenters. The van der Waals surface area contributed by atoms with Crippen molar-refractivity contribution in [3.8, 4) is 0 Å². The van der Waals surface area contributed by atoms with E-state index in [-0.39, 0.29) is 0 Å². The summed E-state index contributed by atoms with van der Waals surface area (Å²) >= 11 is 5.88. The standard InChI is InChI=1S/C14H14ClN3/c15-13-6-5-12(16)14(18-13)17-11-7-9-3-1-2-4-10(9)8-11/h1-6,11H,7-8,16H2,(H,17,18). The Labute approximate surface area is 111 Å². The van der Waals surface area contributed by atoms with Crippen LogP contribution in [-0.4, -0.2) is 11.0 Å². The predicted octanol–water partition coefficient (Wildman–Crippen LogP) is 2.90. The van der Waals surface area contributed by atoms with E-state index in [9.17, 15) is 0 Å². The van der Waals surface area contributed by atoms with E-state index in [2.05, 4.69) is 34.6 Å². The van der Waals surface area contributed by atoms with Crippen LogP contribution in [0.2, 0.25) is 5.15 Å². The van der Waals surface area contributed by atoms with Crippen molar-refractivity contribution in [1.29, 1.82) is 0 Å². The van der Waals surface area contributed by atoms with Crippen LogP contribution in [0.25, 0.3) is 0 Å². The van der Waals surface area contributed by atoms with Crippen molar-refractivity contribution >= 4 is 23.1 Å². The van der Waals surface area contributed by atoms with Crippen LogP contribution in [0.5, 0.6) is 0 Å². The van der Waals surface area contributed by atoms with Gasteiger partial charge in [-0.25, -0.2) is 4.98 Å². The maximum absolute atomic E-state index is 5.89. The van der Waals surface area contributed by atoms with E-state index in [0.29, 0.717) is 22.7 Å². The first kappa shape index (κ1) is 11.4. The fraction of sp³-hybridized carbons (Fsp3) is 0.214. The first-order valence-electron chi connectivity index (χ1n) is 5.98. The third-order valence-electron chi connectivity index (χ3n) is 3.28. The Balaban J connectivity index is 1.78. The number of anilines is 2. The van der Waals surface area contributed by atoms with Gasteiger partial charge in [-0.05, 0) is 36.1 Å². The monoisotopic (exact) mass is 259 g/mol. The molecule has 4 heteroatoms. The largest absolute Gasteiger partial charge is 0.396 e. The van der Waals surface area contributed by atoms with Gasteiger partial charge in [-0.3, -0.25) is 0 Å². The first-order valence-corrected chi connectivity index (χ1v) is 6.35. The maximum atomic E-state index is 5.89. The molecule has 0 spiro atoms. The zero-order valence-corrected chi connectivity index (χ0v) is 10.6. The number of pyridine rings is 1. The van der Waals surface area contributed by atoms with Gasteiger partial charge in [0, 0.05) is 6.04 Å². The molecule has 1 heterocycles. The summed E-state index contributed by atoms with van der Waals surface area (Å²) in [4.78, 5) is 4.23. The Kier molecular flexibility index (Phi) is 2.84. The number of aromatic nitrogens is 1. The SMILES string of the molecule is Nc1ccc(Cl)nc1NC1Cc2ccccc2C1. The van der Waals surface area contributed by atoms with Crippen molar-refractivity contribution in [2.75, 3.05) is 11.1 Å². The van der Waals surface area contributed by atoms with Crippen LogP contribution in [0.4, 0.5) is 11.5 Å². The Morgan fingerprint density at radius 3 is 2.44 bits per heavy atom. The minimum Gasteiger partial charge on any atom is -0.396 e. The quantitative estimate of drug-likeness (QED) is 0.816. The summed E-state index contributed by atoms with van der Waals surface area (Å²) in [5.74, 6) is 0.681. The number of nitrogens with zero attached hydrogens (tertiary/aromatic N) is 1. The molecule has 3 N–H and O–H groups in total. The minimum absolute atomic E-state index is 0.343. The van der Waals surface area contributed by atoms with Gasteiger partial charge in [0.05, 0.1) is 5.69 Å². The fourth-order valence-electron chi connectivity index (χ4n) is 2.42. The van der Waals surface area contributed by atoms with Gasteiger partial charge in [-0.15, -0.1) is 0 Å². The van der Waals surface area contributed by atoms with E-state index >= 15 is 0 Å². The molecule has 0 fully saturated rings. The molecule has 2 aromatic rings. The Morgan fingerprint density at radius 2 is 1.78 bits per heavy atom. The molecular weight excluding hydrogens is 246 g/mol. The lowest BCUT2D eigenvalue weighted by atomic mass is 10.1. The molecule has 0 aliphatic heterocycles. The molecule has 1 aliphatic rings. The average molecular weight is 260 g/mol. The Morgan fingerprint density at radius 1 is 1.11 bits per heavy atom. The van der Waals surface area contributed by atoms with Crippen molar-refractivity contribution in [3.05, 3.63) is 52.7 Å². The van der Waals surface area contributed by atoms with Gasteiger partial charge in [0.15, 0.2) is 5.82 Å². The van der Waals surface area contributed by atoms with E-state index < -0.39 is 0 Å². The molecule has 0 saturated heterocycles. The highest BCUT2D eigenvalue weighted by Crippen LogP contribution is 2.26. The zero-order chi connectivity index (χ0) is 12.5. The van der Waals surface area contributed by atoms with E-state index in [1.165, 1.54) is 11.1 Å². The van der Waals surface area contributed by atoms with Crippen LogP contribution in [0.15, 0.2) is 36.4 Å². The Hall–Kier alpha value is -1.74. The van der Waals surface area contributed by atoms with Gasteiger partial charge in [-0.1, -0.05) is 35.9 Å². The van der Waals surface area contributed by atoms with E-state index in [1.807, 2.05) is 0 Å². The number of rotatable bonds is 2. The molecule has 0 saturated carbocycles. The second-order valence-corrected chi connectivity index (χ2v) is 4.98. The zero-order valence-electron chi connectivity index (χ0n) is 9.86. The third-order valence-corrected chi connectivity index (χ3v) is 3.49. The number of nitrogens with one attached hydrogen (secondary N) is 1. The fourth-order valence-corrected chi connectivity index (χ4v) is 2.56. The lowest BCUT2D eigenvalue weighted by Crippen LogP contribution is -2.21. The second-order valence-electron chi connectivity index (χ2n) is 4.59. The first-order chi connectivity index (χ1) is 8.72. The summed E-state index contributed by atoms with van der Waals surface area (Å²) in [7, 11) is 0. The van der Waals surface area contributed by atoms with E-state index in [0.717, 1.165) is 12.8 Å². The van der Waals surface area contributed by atoms with Crippen LogP contribution in [-0.2, 0) is 12.8 Å². The Bertz CT molecular complexity index is 558. The van der Waals surface area contributed by atoms with Crippen LogP contribution >= 0.6 is 11.6 Å². The molecule has 0 radical (unpaired) electrons. The lowest BCUT2D eigenvalue weighted by molar-refractivity contribution is 0.769. The molecule has 1 aromatic carbocycles. The molecular formula is C14H14ClN3. The van der Waals surface area contributed by atoms with E-state index in [4.69, 9.17) is 17.3 Å². The summed E-state index contributed by atoms with van der Waals surface area (Å²) in [6.45, 7) is 0. The molecule has 0 amide bonds. The van der Waals surface area contributed by atoms with E-state index in [1.54, 1.807) is 12.1 Å². The molecule has 1 aromatic heterocycles. The van der Waals surface area contributed by atoms with Crippen molar-refractivity contribution in [2.24, 2.45) is 0 Å². The second kappa shape index (κ2) is 4.50. The number of halogens is 1. The van der Waals surface area contributed by atoms with Gasteiger partial charge in [0.2, 0.25) is 0 Å². The van der Waals surface area contributed by atoms with Crippen molar-refractivity contribution < 1.29 is 0 Å². The van der Waals surface area contributed by atoms with Crippen molar-refractivity contribution in [2.45, 2.75) is 18.9 Å². The van der Waals surface area contributed by atoms with Crippen LogP contribution in [0.3, 0.4) is 0 Å². The molecule has 0 bridgehead atoms. The number of benzene rings is 1. The number of nitrogens with two attached hydrogens (primary N) is 1. The lowest BCUT2D eigenvalue weighted by Gasteiger charge is -2.14. The number of nitrogen functional groups attached to an aromatic ring is 1. The molecule has 3 rings (SSSR count). The summed E-state index contributed by atoms with van der Waals surface area (Å²) < 4.78 is 0. The smallest absolute Gasteiger partial charge is 0.151 e. The number of hydrogen-bond donors (Lipinski definition) is 2. The maximum Gasteiger partial charge on any atom is 0.151 e. The van der Waals surface area contributed by atoms with Crippen LogP contribution < -0.4 is 11.1 Å². The highest BCUT2D eigenvalue weighted by molar-refractivity contribution is 6.29. The minimum atomic E-state index is 0.343. The van der Waals surface area contributed by atoms with Gasteiger partial charge in [0.25, 0.3) is 0 Å². The highest BCUT2D eigenvalue weighted by Gasteiger charge is 2.21.